The van der Waals surface area contributed by atoms with Gasteiger partial charge in [-0.1, -0.05) is 22.0 Å². The average Bonchev–Trinajstić information content (AvgIpc) is 2.97. The van der Waals surface area contributed by atoms with Gasteiger partial charge < -0.3 is 15.1 Å². The van der Waals surface area contributed by atoms with E-state index in [0.717, 1.165) is 15.7 Å². The van der Waals surface area contributed by atoms with Gasteiger partial charge in [0, 0.05) is 23.1 Å². The van der Waals surface area contributed by atoms with Crippen LogP contribution in [0.1, 0.15) is 22.3 Å². The topological polar surface area (TPSA) is 71.3 Å². The van der Waals surface area contributed by atoms with E-state index in [-0.39, 0.29) is 24.8 Å². The molecule has 0 aliphatic carbocycles. The summed E-state index contributed by atoms with van der Waals surface area (Å²) in [6.07, 6.45) is 2.99. The number of hydrogen-bond acceptors (Lipinski definition) is 3. The van der Waals surface area contributed by atoms with Crippen molar-refractivity contribution in [3.8, 4) is 0 Å². The molecule has 0 saturated carbocycles. The van der Waals surface area contributed by atoms with Crippen molar-refractivity contribution in [2.75, 3.05) is 11.9 Å². The Labute approximate surface area is 130 Å². The Morgan fingerprint density at radius 3 is 2.81 bits per heavy atom. The number of amides is 2. The molecule has 2 rings (SSSR count). The quantitative estimate of drug-likeness (QED) is 0.870. The first-order chi connectivity index (χ1) is 10.1. The fourth-order valence-electron chi connectivity index (χ4n) is 1.73. The van der Waals surface area contributed by atoms with Crippen LogP contribution in [-0.4, -0.2) is 18.4 Å². The highest BCUT2D eigenvalue weighted by atomic mass is 79.9. The number of rotatable bonds is 5. The van der Waals surface area contributed by atoms with E-state index in [1.165, 1.54) is 12.5 Å². The maximum absolute atomic E-state index is 11.8. The molecule has 0 unspecified atom stereocenters. The third-order valence-electron chi connectivity index (χ3n) is 2.89. The van der Waals surface area contributed by atoms with E-state index in [1.807, 2.05) is 25.1 Å². The third-order valence-corrected chi connectivity index (χ3v) is 3.39. The maximum Gasteiger partial charge on any atom is 0.254 e. The molecule has 6 heteroatoms. The SMILES string of the molecule is Cc1ccc(Br)cc1NC(=O)CCNC(=O)c1ccoc1. The molecule has 0 radical (unpaired) electrons. The predicted molar refractivity (Wildman–Crippen MR) is 83.2 cm³/mol. The van der Waals surface area contributed by atoms with Gasteiger partial charge in [-0.05, 0) is 30.7 Å². The Morgan fingerprint density at radius 2 is 2.10 bits per heavy atom. The van der Waals surface area contributed by atoms with Gasteiger partial charge in [0.2, 0.25) is 5.91 Å². The van der Waals surface area contributed by atoms with Crippen LogP contribution in [0, 0.1) is 6.92 Å². The van der Waals surface area contributed by atoms with Gasteiger partial charge in [-0.25, -0.2) is 0 Å². The van der Waals surface area contributed by atoms with Crippen molar-refractivity contribution in [1.82, 2.24) is 5.32 Å². The first-order valence-electron chi connectivity index (χ1n) is 6.42. The number of anilines is 1. The van der Waals surface area contributed by atoms with E-state index in [9.17, 15) is 9.59 Å². The summed E-state index contributed by atoms with van der Waals surface area (Å²) in [6.45, 7) is 2.19. The molecule has 1 aromatic heterocycles. The summed E-state index contributed by atoms with van der Waals surface area (Å²) in [6, 6.07) is 7.24. The maximum atomic E-state index is 11.8. The van der Waals surface area contributed by atoms with Crippen molar-refractivity contribution >= 4 is 33.4 Å². The van der Waals surface area contributed by atoms with Gasteiger partial charge in [0.15, 0.2) is 0 Å². The first kappa shape index (κ1) is 15.3. The van der Waals surface area contributed by atoms with E-state index in [0.29, 0.717) is 5.56 Å². The third kappa shape index (κ3) is 4.46. The zero-order valence-corrected chi connectivity index (χ0v) is 13.1. The molecule has 0 spiro atoms. The molecule has 1 aromatic carbocycles. The lowest BCUT2D eigenvalue weighted by Crippen LogP contribution is -2.27. The number of furan rings is 1. The highest BCUT2D eigenvalue weighted by molar-refractivity contribution is 9.10. The molecule has 110 valence electrons. The molecular formula is C15H15BrN2O3. The summed E-state index contributed by atoms with van der Waals surface area (Å²) in [4.78, 5) is 23.5. The number of nitrogens with one attached hydrogen (secondary N) is 2. The van der Waals surface area contributed by atoms with Crippen LogP contribution in [0.5, 0.6) is 0 Å². The molecule has 0 aliphatic heterocycles. The number of aryl methyl sites for hydroxylation is 1. The Morgan fingerprint density at radius 1 is 1.29 bits per heavy atom. The molecule has 0 atom stereocenters. The largest absolute Gasteiger partial charge is 0.472 e. The van der Waals surface area contributed by atoms with Gasteiger partial charge in [0.25, 0.3) is 5.91 Å². The van der Waals surface area contributed by atoms with E-state index >= 15 is 0 Å². The Balaban J connectivity index is 1.80. The second-order valence-corrected chi connectivity index (χ2v) is 5.44. The molecule has 21 heavy (non-hydrogen) atoms. The lowest BCUT2D eigenvalue weighted by molar-refractivity contribution is -0.116. The minimum Gasteiger partial charge on any atom is -0.472 e. The number of carbonyl (C=O) groups is 2. The fraction of sp³-hybridized carbons (Fsp3) is 0.200. The van der Waals surface area contributed by atoms with Crippen LogP contribution >= 0.6 is 15.9 Å². The Hall–Kier alpha value is -2.08. The Kier molecular flexibility index (Phi) is 5.16. The summed E-state index contributed by atoms with van der Waals surface area (Å²) >= 11 is 3.36. The van der Waals surface area contributed by atoms with Gasteiger partial charge >= 0.3 is 0 Å². The summed E-state index contributed by atoms with van der Waals surface area (Å²) in [5, 5.41) is 5.48. The molecule has 2 aromatic rings. The van der Waals surface area contributed by atoms with Crippen LogP contribution in [0.15, 0.2) is 45.7 Å². The van der Waals surface area contributed by atoms with Crippen molar-refractivity contribution in [1.29, 1.82) is 0 Å². The molecule has 0 saturated heterocycles. The summed E-state index contributed by atoms with van der Waals surface area (Å²) < 4.78 is 5.72. The van der Waals surface area contributed by atoms with Crippen LogP contribution in [0.2, 0.25) is 0 Å². The molecule has 0 bridgehead atoms. The van der Waals surface area contributed by atoms with Crippen molar-refractivity contribution in [2.24, 2.45) is 0 Å². The van der Waals surface area contributed by atoms with E-state index in [2.05, 4.69) is 26.6 Å². The average molecular weight is 351 g/mol. The van der Waals surface area contributed by atoms with Crippen molar-refractivity contribution < 1.29 is 14.0 Å². The summed E-state index contributed by atoms with van der Waals surface area (Å²) in [5.41, 5.74) is 2.18. The number of hydrogen-bond donors (Lipinski definition) is 2. The molecule has 2 N–H and O–H groups in total. The second-order valence-electron chi connectivity index (χ2n) is 4.53. The lowest BCUT2D eigenvalue weighted by atomic mass is 10.2. The van der Waals surface area contributed by atoms with Crippen molar-refractivity contribution in [3.63, 3.8) is 0 Å². The molecular weight excluding hydrogens is 336 g/mol. The second kappa shape index (κ2) is 7.08. The smallest absolute Gasteiger partial charge is 0.254 e. The van der Waals surface area contributed by atoms with Crippen LogP contribution in [0.4, 0.5) is 5.69 Å². The molecule has 2 amide bonds. The fourth-order valence-corrected chi connectivity index (χ4v) is 2.09. The van der Waals surface area contributed by atoms with Crippen LogP contribution in [0.3, 0.4) is 0 Å². The van der Waals surface area contributed by atoms with Crippen molar-refractivity contribution in [2.45, 2.75) is 13.3 Å². The van der Waals surface area contributed by atoms with Gasteiger partial charge in [-0.2, -0.15) is 0 Å². The highest BCUT2D eigenvalue weighted by Gasteiger charge is 2.08. The zero-order chi connectivity index (χ0) is 15.2. The number of carbonyl (C=O) groups excluding carboxylic acids is 2. The number of halogens is 1. The number of benzene rings is 1. The first-order valence-corrected chi connectivity index (χ1v) is 7.22. The lowest BCUT2D eigenvalue weighted by Gasteiger charge is -2.09. The van der Waals surface area contributed by atoms with Gasteiger partial charge in [0.1, 0.15) is 6.26 Å². The van der Waals surface area contributed by atoms with Gasteiger partial charge in [-0.3, -0.25) is 9.59 Å². The summed E-state index contributed by atoms with van der Waals surface area (Å²) in [7, 11) is 0. The van der Waals surface area contributed by atoms with Crippen LogP contribution in [-0.2, 0) is 4.79 Å². The van der Waals surface area contributed by atoms with Gasteiger partial charge in [0.05, 0.1) is 11.8 Å². The van der Waals surface area contributed by atoms with Crippen LogP contribution in [0.25, 0.3) is 0 Å². The van der Waals surface area contributed by atoms with Gasteiger partial charge in [-0.15, -0.1) is 0 Å². The minimum atomic E-state index is -0.254. The van der Waals surface area contributed by atoms with E-state index in [4.69, 9.17) is 4.42 Å². The van der Waals surface area contributed by atoms with E-state index in [1.54, 1.807) is 6.07 Å². The van der Waals surface area contributed by atoms with Crippen molar-refractivity contribution in [3.05, 3.63) is 52.4 Å². The van der Waals surface area contributed by atoms with E-state index < -0.39 is 0 Å². The zero-order valence-electron chi connectivity index (χ0n) is 11.5. The van der Waals surface area contributed by atoms with Crippen LogP contribution < -0.4 is 10.6 Å². The summed E-state index contributed by atoms with van der Waals surface area (Å²) in [5.74, 6) is -0.404. The molecule has 5 nitrogen and oxygen atoms in total. The Bertz CT molecular complexity index is 638. The predicted octanol–water partition coefficient (Wildman–Crippen LogP) is 3.11. The molecule has 1 heterocycles. The standard InChI is InChI=1S/C15H15BrN2O3/c1-10-2-3-12(16)8-13(10)18-14(19)4-6-17-15(20)11-5-7-21-9-11/h2-3,5,7-9H,4,6H2,1H3,(H,17,20)(H,18,19). The monoisotopic (exact) mass is 350 g/mol. The molecule has 0 fully saturated rings. The highest BCUT2D eigenvalue weighted by Crippen LogP contribution is 2.20. The minimum absolute atomic E-state index is 0.149. The molecule has 0 aliphatic rings. The normalized spacial score (nSPS) is 10.2.